The fraction of sp³-hybridized carbons (Fsp3) is 0.111. The zero-order valence-electron chi connectivity index (χ0n) is 18.1. The molecule has 0 aliphatic rings. The molecule has 166 valence electrons. The molecule has 0 bridgehead atoms. The summed E-state index contributed by atoms with van der Waals surface area (Å²) >= 11 is 2.23. The Kier molecular flexibility index (Phi) is 7.57. The van der Waals surface area contributed by atoms with Crippen molar-refractivity contribution in [2.75, 3.05) is 6.61 Å². The van der Waals surface area contributed by atoms with Gasteiger partial charge in [-0.25, -0.2) is 5.43 Å². The molecule has 1 N–H and O–H groups in total. The van der Waals surface area contributed by atoms with E-state index >= 15 is 0 Å². The summed E-state index contributed by atoms with van der Waals surface area (Å²) in [6.45, 7) is 2.87. The number of carbonyl (C=O) groups excluding carboxylic acids is 1. The highest BCUT2D eigenvalue weighted by molar-refractivity contribution is 14.1. The Labute approximate surface area is 206 Å². The van der Waals surface area contributed by atoms with Crippen molar-refractivity contribution in [3.05, 3.63) is 105 Å². The van der Waals surface area contributed by atoms with Gasteiger partial charge in [0.2, 0.25) is 0 Å². The smallest absolute Gasteiger partial charge is 0.271 e. The van der Waals surface area contributed by atoms with E-state index in [0.29, 0.717) is 30.3 Å². The molecule has 0 aliphatic heterocycles. The summed E-state index contributed by atoms with van der Waals surface area (Å²) in [5, 5.41) is 6.47. The number of nitrogens with zero attached hydrogens (tertiary/aromatic N) is 1. The second-order valence-electron chi connectivity index (χ2n) is 7.30. The zero-order chi connectivity index (χ0) is 23.0. The minimum Gasteiger partial charge on any atom is -0.490 e. The normalized spacial score (nSPS) is 11.0. The van der Waals surface area contributed by atoms with Crippen LogP contribution in [0.3, 0.4) is 0 Å². The summed E-state index contributed by atoms with van der Waals surface area (Å²) in [6, 6.07) is 27.3. The number of hydrazone groups is 1. The third kappa shape index (κ3) is 5.90. The van der Waals surface area contributed by atoms with Crippen LogP contribution in [0.4, 0.5) is 0 Å². The number of hydrogen-bond acceptors (Lipinski definition) is 4. The first-order valence-electron chi connectivity index (χ1n) is 10.6. The lowest BCUT2D eigenvalue weighted by molar-refractivity contribution is 0.0955. The molecule has 0 unspecified atom stereocenters. The van der Waals surface area contributed by atoms with Crippen LogP contribution >= 0.6 is 22.6 Å². The predicted octanol–water partition coefficient (Wildman–Crippen LogP) is 6.19. The summed E-state index contributed by atoms with van der Waals surface area (Å²) in [5.41, 5.74) is 4.99. The van der Waals surface area contributed by atoms with E-state index in [9.17, 15) is 4.79 Å². The summed E-state index contributed by atoms with van der Waals surface area (Å²) in [6.07, 6.45) is 1.60. The SMILES string of the molecule is CCOc1cc(/C=N/NC(=O)c2ccccc2)cc(I)c1OCc1ccc2ccccc2c1. The molecule has 0 heterocycles. The minimum absolute atomic E-state index is 0.262. The van der Waals surface area contributed by atoms with E-state index in [2.05, 4.69) is 63.4 Å². The molecule has 0 radical (unpaired) electrons. The number of ether oxygens (including phenoxy) is 2. The molecule has 0 aromatic heterocycles. The number of rotatable bonds is 8. The molecule has 0 aliphatic carbocycles. The Balaban J connectivity index is 1.48. The van der Waals surface area contributed by atoms with E-state index < -0.39 is 0 Å². The lowest BCUT2D eigenvalue weighted by atomic mass is 10.1. The van der Waals surface area contributed by atoms with E-state index in [4.69, 9.17) is 9.47 Å². The average Bonchev–Trinajstić information content (AvgIpc) is 2.84. The highest BCUT2D eigenvalue weighted by Crippen LogP contribution is 2.34. The summed E-state index contributed by atoms with van der Waals surface area (Å²) in [7, 11) is 0. The third-order valence-corrected chi connectivity index (χ3v) is 5.75. The van der Waals surface area contributed by atoms with E-state index in [1.54, 1.807) is 18.3 Å². The van der Waals surface area contributed by atoms with Gasteiger partial charge in [-0.3, -0.25) is 4.79 Å². The molecule has 4 aromatic carbocycles. The number of fused-ring (bicyclic) bond motifs is 1. The number of carbonyl (C=O) groups is 1. The first-order valence-corrected chi connectivity index (χ1v) is 11.7. The van der Waals surface area contributed by atoms with Crippen molar-refractivity contribution in [3.63, 3.8) is 0 Å². The van der Waals surface area contributed by atoms with Gasteiger partial charge < -0.3 is 9.47 Å². The first-order chi connectivity index (χ1) is 16.1. The highest BCUT2D eigenvalue weighted by atomic mass is 127. The Morgan fingerprint density at radius 1 is 0.939 bits per heavy atom. The van der Waals surface area contributed by atoms with E-state index in [1.807, 2.05) is 49.4 Å². The van der Waals surface area contributed by atoms with Crippen molar-refractivity contribution in [2.24, 2.45) is 5.10 Å². The molecular formula is C27H23IN2O3. The standard InChI is InChI=1S/C27H23IN2O3/c1-2-32-25-16-20(17-29-30-27(31)22-9-4-3-5-10-22)15-24(28)26(25)33-18-19-12-13-21-8-6-7-11-23(21)14-19/h3-17H,2,18H2,1H3,(H,30,31)/b29-17+. The van der Waals surface area contributed by atoms with Crippen LogP contribution in [0.15, 0.2) is 90.0 Å². The molecule has 0 saturated carbocycles. The summed E-state index contributed by atoms with van der Waals surface area (Å²) in [4.78, 5) is 12.2. The van der Waals surface area contributed by atoms with Gasteiger partial charge in [0.25, 0.3) is 5.91 Å². The van der Waals surface area contributed by atoms with Crippen LogP contribution in [-0.2, 0) is 6.61 Å². The highest BCUT2D eigenvalue weighted by Gasteiger charge is 2.12. The second kappa shape index (κ2) is 11.0. The van der Waals surface area contributed by atoms with Crippen LogP contribution in [0.25, 0.3) is 10.8 Å². The largest absolute Gasteiger partial charge is 0.490 e. The molecule has 0 saturated heterocycles. The molecule has 0 fully saturated rings. The fourth-order valence-corrected chi connectivity index (χ4v) is 4.15. The van der Waals surface area contributed by atoms with Crippen LogP contribution in [0, 0.1) is 3.57 Å². The molecule has 1 amide bonds. The van der Waals surface area contributed by atoms with Crippen molar-refractivity contribution in [1.29, 1.82) is 0 Å². The van der Waals surface area contributed by atoms with Crippen molar-refractivity contribution in [3.8, 4) is 11.5 Å². The number of nitrogens with one attached hydrogen (secondary N) is 1. The lowest BCUT2D eigenvalue weighted by Crippen LogP contribution is -2.17. The molecule has 0 atom stereocenters. The van der Waals surface area contributed by atoms with Gasteiger partial charge in [0.05, 0.1) is 16.4 Å². The number of hydrogen-bond donors (Lipinski definition) is 1. The van der Waals surface area contributed by atoms with Gasteiger partial charge in [0.1, 0.15) is 6.61 Å². The van der Waals surface area contributed by atoms with Gasteiger partial charge in [0.15, 0.2) is 11.5 Å². The Morgan fingerprint density at radius 2 is 1.70 bits per heavy atom. The van der Waals surface area contributed by atoms with E-state index in [0.717, 1.165) is 14.7 Å². The quantitative estimate of drug-likeness (QED) is 0.162. The number of amides is 1. The van der Waals surface area contributed by atoms with E-state index in [-0.39, 0.29) is 5.91 Å². The Bertz CT molecular complexity index is 1290. The molecule has 4 rings (SSSR count). The average molecular weight is 550 g/mol. The summed E-state index contributed by atoms with van der Waals surface area (Å²) in [5.74, 6) is 1.07. The molecule has 6 heteroatoms. The maximum atomic E-state index is 12.2. The fourth-order valence-electron chi connectivity index (χ4n) is 3.37. The number of halogens is 1. The lowest BCUT2D eigenvalue weighted by Gasteiger charge is -2.15. The molecular weight excluding hydrogens is 527 g/mol. The summed E-state index contributed by atoms with van der Waals surface area (Å²) < 4.78 is 12.9. The Morgan fingerprint density at radius 3 is 2.48 bits per heavy atom. The van der Waals surface area contributed by atoms with Crippen LogP contribution in [0.5, 0.6) is 11.5 Å². The molecule has 5 nitrogen and oxygen atoms in total. The van der Waals surface area contributed by atoms with Gasteiger partial charge in [-0.1, -0.05) is 54.6 Å². The van der Waals surface area contributed by atoms with Gasteiger partial charge >= 0.3 is 0 Å². The maximum absolute atomic E-state index is 12.2. The topological polar surface area (TPSA) is 59.9 Å². The van der Waals surface area contributed by atoms with Crippen molar-refractivity contribution < 1.29 is 14.3 Å². The predicted molar refractivity (Wildman–Crippen MR) is 140 cm³/mol. The van der Waals surface area contributed by atoms with Crippen LogP contribution < -0.4 is 14.9 Å². The van der Waals surface area contributed by atoms with Gasteiger partial charge in [-0.05, 0) is 81.7 Å². The molecule has 33 heavy (non-hydrogen) atoms. The van der Waals surface area contributed by atoms with E-state index in [1.165, 1.54) is 10.8 Å². The van der Waals surface area contributed by atoms with Gasteiger partial charge in [-0.2, -0.15) is 5.10 Å². The third-order valence-electron chi connectivity index (χ3n) is 4.94. The van der Waals surface area contributed by atoms with Crippen LogP contribution in [0.2, 0.25) is 0 Å². The maximum Gasteiger partial charge on any atom is 0.271 e. The van der Waals surface area contributed by atoms with Crippen molar-refractivity contribution >= 4 is 45.5 Å². The first kappa shape index (κ1) is 22.8. The second-order valence-corrected chi connectivity index (χ2v) is 8.46. The van der Waals surface area contributed by atoms with Gasteiger partial charge in [0, 0.05) is 5.56 Å². The zero-order valence-corrected chi connectivity index (χ0v) is 20.3. The minimum atomic E-state index is -0.262. The molecule has 0 spiro atoms. The van der Waals surface area contributed by atoms with Crippen molar-refractivity contribution in [1.82, 2.24) is 5.43 Å². The molecule has 4 aromatic rings. The Hall–Kier alpha value is -3.39. The van der Waals surface area contributed by atoms with Gasteiger partial charge in [-0.15, -0.1) is 0 Å². The van der Waals surface area contributed by atoms with Crippen LogP contribution in [0.1, 0.15) is 28.4 Å². The monoisotopic (exact) mass is 550 g/mol. The van der Waals surface area contributed by atoms with Crippen molar-refractivity contribution in [2.45, 2.75) is 13.5 Å². The van der Waals surface area contributed by atoms with Crippen LogP contribution in [-0.4, -0.2) is 18.7 Å². The number of benzene rings is 4.